The molecule has 0 saturated carbocycles. The number of carboxylic acid groups (broad SMARTS) is 1. The van der Waals surface area contributed by atoms with Crippen LogP contribution in [0.25, 0.3) is 5.69 Å². The second-order valence-corrected chi connectivity index (χ2v) is 5.98. The number of alkyl halides is 3. The maximum atomic E-state index is 13.3. The molecule has 0 aliphatic carbocycles. The van der Waals surface area contributed by atoms with Gasteiger partial charge in [0.2, 0.25) is 5.91 Å². The van der Waals surface area contributed by atoms with Crippen LogP contribution in [0.4, 0.5) is 18.9 Å². The maximum Gasteiger partial charge on any atom is 0.434 e. The number of carboxylic acids is 1. The number of rotatable bonds is 9. The molecule has 0 radical (unpaired) electrons. The molecule has 1 aromatic heterocycles. The first kappa shape index (κ1) is 21.4. The van der Waals surface area contributed by atoms with Crippen LogP contribution in [0.5, 0.6) is 0 Å². The number of hydrogen-bond acceptors (Lipinski definition) is 4. The van der Waals surface area contributed by atoms with Crippen LogP contribution in [0.15, 0.2) is 30.5 Å². The Morgan fingerprint density at radius 3 is 2.68 bits per heavy atom. The summed E-state index contributed by atoms with van der Waals surface area (Å²) in [5, 5.41) is 15.1. The number of nitrogens with zero attached hydrogens (tertiary/aromatic N) is 2. The highest BCUT2D eigenvalue weighted by molar-refractivity contribution is 5.92. The first-order valence-corrected chi connectivity index (χ1v) is 8.60. The molecule has 0 unspecified atom stereocenters. The van der Waals surface area contributed by atoms with Crippen LogP contribution in [-0.2, 0) is 15.7 Å². The number of ether oxygens (including phenoxy) is 1. The molecule has 0 bridgehead atoms. The Labute approximate surface area is 159 Å². The zero-order valence-electron chi connectivity index (χ0n) is 15.1. The van der Waals surface area contributed by atoms with Crippen LogP contribution in [0, 0.1) is 0 Å². The Balaban J connectivity index is 2.16. The van der Waals surface area contributed by atoms with E-state index < -0.39 is 29.3 Å². The molecule has 7 nitrogen and oxygen atoms in total. The summed E-state index contributed by atoms with van der Waals surface area (Å²) >= 11 is 0. The summed E-state index contributed by atoms with van der Waals surface area (Å²) in [5.74, 6) is -2.18. The number of halogens is 3. The van der Waals surface area contributed by atoms with Crippen molar-refractivity contribution in [1.82, 2.24) is 9.78 Å². The summed E-state index contributed by atoms with van der Waals surface area (Å²) in [6.45, 7) is 2.32. The lowest BCUT2D eigenvalue weighted by atomic mass is 10.2. The van der Waals surface area contributed by atoms with Gasteiger partial charge in [0.05, 0.1) is 11.9 Å². The molecule has 0 fully saturated rings. The van der Waals surface area contributed by atoms with E-state index in [-0.39, 0.29) is 18.0 Å². The van der Waals surface area contributed by atoms with E-state index in [1.54, 1.807) is 0 Å². The van der Waals surface area contributed by atoms with Crippen molar-refractivity contribution in [2.75, 3.05) is 18.5 Å². The summed E-state index contributed by atoms with van der Waals surface area (Å²) in [6, 6.07) is 5.51. The van der Waals surface area contributed by atoms with Crippen molar-refractivity contribution in [2.45, 2.75) is 32.4 Å². The Bertz CT molecular complexity index is 834. The predicted molar refractivity (Wildman–Crippen MR) is 94.5 cm³/mol. The summed E-state index contributed by atoms with van der Waals surface area (Å²) in [7, 11) is 0. The molecule has 1 aromatic carbocycles. The Kier molecular flexibility index (Phi) is 7.16. The number of hydrogen-bond donors (Lipinski definition) is 2. The van der Waals surface area contributed by atoms with Crippen molar-refractivity contribution in [3.63, 3.8) is 0 Å². The summed E-state index contributed by atoms with van der Waals surface area (Å²) < 4.78 is 45.7. The number of anilines is 1. The third-order valence-electron chi connectivity index (χ3n) is 3.77. The van der Waals surface area contributed by atoms with Crippen molar-refractivity contribution in [3.8, 4) is 5.69 Å². The minimum absolute atomic E-state index is 0.0403. The van der Waals surface area contributed by atoms with Gasteiger partial charge in [-0.05, 0) is 24.6 Å². The van der Waals surface area contributed by atoms with E-state index in [0.717, 1.165) is 19.3 Å². The standard InChI is InChI=1S/C18H20F3N3O4/c1-2-3-4-8-28-11-15(25)23-12-6-5-7-13(9-12)24-16(18(19,20)21)14(10-22-24)17(26)27/h5-7,9-10H,2-4,8,11H2,1H3,(H,23,25)(H,26,27). The van der Waals surface area contributed by atoms with Gasteiger partial charge in [0.15, 0.2) is 5.69 Å². The van der Waals surface area contributed by atoms with Gasteiger partial charge in [0.25, 0.3) is 0 Å². The third kappa shape index (κ3) is 5.56. The monoisotopic (exact) mass is 399 g/mol. The first-order chi connectivity index (χ1) is 13.2. The average Bonchev–Trinajstić information content (AvgIpc) is 3.08. The van der Waals surface area contributed by atoms with Crippen molar-refractivity contribution in [2.24, 2.45) is 0 Å². The summed E-state index contributed by atoms with van der Waals surface area (Å²) in [6.07, 6.45) is -1.42. The Hall–Kier alpha value is -2.88. The molecule has 2 N–H and O–H groups in total. The van der Waals surface area contributed by atoms with Gasteiger partial charge in [0, 0.05) is 12.3 Å². The van der Waals surface area contributed by atoms with Gasteiger partial charge in [-0.3, -0.25) is 4.79 Å². The SMILES string of the molecule is CCCCCOCC(=O)Nc1cccc(-n2ncc(C(=O)O)c2C(F)(F)F)c1. The summed E-state index contributed by atoms with van der Waals surface area (Å²) in [5.41, 5.74) is -2.16. The molecular formula is C18H20F3N3O4. The van der Waals surface area contributed by atoms with Gasteiger partial charge >= 0.3 is 12.1 Å². The fraction of sp³-hybridized carbons (Fsp3) is 0.389. The Morgan fingerprint density at radius 1 is 1.29 bits per heavy atom. The van der Waals surface area contributed by atoms with Crippen LogP contribution < -0.4 is 5.32 Å². The lowest BCUT2D eigenvalue weighted by Gasteiger charge is -2.13. The topological polar surface area (TPSA) is 93.5 Å². The van der Waals surface area contributed by atoms with E-state index in [1.807, 2.05) is 6.92 Å². The van der Waals surface area contributed by atoms with Gasteiger partial charge in [-0.2, -0.15) is 18.3 Å². The van der Waals surface area contributed by atoms with Crippen LogP contribution in [-0.4, -0.2) is 40.0 Å². The predicted octanol–water partition coefficient (Wildman–Crippen LogP) is 3.73. The van der Waals surface area contributed by atoms with E-state index >= 15 is 0 Å². The molecule has 2 aromatic rings. The number of benzene rings is 1. The lowest BCUT2D eigenvalue weighted by molar-refractivity contribution is -0.143. The van der Waals surface area contributed by atoms with Gasteiger partial charge in [-0.1, -0.05) is 25.8 Å². The fourth-order valence-electron chi connectivity index (χ4n) is 2.50. The number of nitrogens with one attached hydrogen (secondary N) is 1. The van der Waals surface area contributed by atoms with Crippen LogP contribution in [0.2, 0.25) is 0 Å². The molecule has 152 valence electrons. The van der Waals surface area contributed by atoms with Gasteiger partial charge in [-0.15, -0.1) is 0 Å². The highest BCUT2D eigenvalue weighted by atomic mass is 19.4. The van der Waals surface area contributed by atoms with E-state index in [9.17, 15) is 22.8 Å². The van der Waals surface area contributed by atoms with Gasteiger partial charge < -0.3 is 15.2 Å². The van der Waals surface area contributed by atoms with Crippen LogP contribution in [0.1, 0.15) is 42.2 Å². The minimum atomic E-state index is -4.92. The normalized spacial score (nSPS) is 11.4. The van der Waals surface area contributed by atoms with Crippen molar-refractivity contribution >= 4 is 17.6 Å². The quantitative estimate of drug-likeness (QED) is 0.627. The van der Waals surface area contributed by atoms with E-state index in [4.69, 9.17) is 9.84 Å². The number of carbonyl (C=O) groups excluding carboxylic acids is 1. The summed E-state index contributed by atoms with van der Waals surface area (Å²) in [4.78, 5) is 23.0. The van der Waals surface area contributed by atoms with Crippen LogP contribution in [0.3, 0.4) is 0 Å². The molecule has 0 aliphatic heterocycles. The fourth-order valence-corrected chi connectivity index (χ4v) is 2.50. The number of amides is 1. The highest BCUT2D eigenvalue weighted by Gasteiger charge is 2.40. The first-order valence-electron chi connectivity index (χ1n) is 8.60. The molecule has 0 aliphatic rings. The number of aromatic carboxylic acids is 1. The number of carbonyl (C=O) groups is 2. The van der Waals surface area contributed by atoms with Gasteiger partial charge in [0.1, 0.15) is 12.2 Å². The Morgan fingerprint density at radius 2 is 2.04 bits per heavy atom. The lowest BCUT2D eigenvalue weighted by Crippen LogP contribution is -2.19. The molecule has 0 atom stereocenters. The zero-order chi connectivity index (χ0) is 20.7. The second-order valence-electron chi connectivity index (χ2n) is 5.98. The van der Waals surface area contributed by atoms with Crippen molar-refractivity contribution in [3.05, 3.63) is 41.7 Å². The molecular weight excluding hydrogens is 379 g/mol. The van der Waals surface area contributed by atoms with Gasteiger partial charge in [-0.25, -0.2) is 9.48 Å². The number of aromatic nitrogens is 2. The maximum absolute atomic E-state index is 13.3. The molecule has 28 heavy (non-hydrogen) atoms. The molecule has 1 heterocycles. The molecule has 10 heteroatoms. The largest absolute Gasteiger partial charge is 0.478 e. The van der Waals surface area contributed by atoms with E-state index in [2.05, 4.69) is 10.4 Å². The average molecular weight is 399 g/mol. The third-order valence-corrected chi connectivity index (χ3v) is 3.77. The van der Waals surface area contributed by atoms with Crippen molar-refractivity contribution in [1.29, 1.82) is 0 Å². The highest BCUT2D eigenvalue weighted by Crippen LogP contribution is 2.34. The smallest absolute Gasteiger partial charge is 0.434 e. The van der Waals surface area contributed by atoms with Crippen LogP contribution >= 0.6 is 0 Å². The molecule has 0 spiro atoms. The van der Waals surface area contributed by atoms with E-state index in [0.29, 0.717) is 17.5 Å². The molecule has 1 amide bonds. The van der Waals surface area contributed by atoms with Crippen molar-refractivity contribution < 1.29 is 32.6 Å². The number of unbranched alkanes of at least 4 members (excludes halogenated alkanes) is 2. The molecule has 2 rings (SSSR count). The van der Waals surface area contributed by atoms with E-state index in [1.165, 1.54) is 24.3 Å². The minimum Gasteiger partial charge on any atom is -0.478 e. The second kappa shape index (κ2) is 9.36. The zero-order valence-corrected chi connectivity index (χ0v) is 15.1. The molecule has 0 saturated heterocycles.